The molecule has 14 heteroatoms. The van der Waals surface area contributed by atoms with Crippen LogP contribution in [-0.4, -0.2) is 59.3 Å². The van der Waals surface area contributed by atoms with E-state index in [4.69, 9.17) is 4.42 Å². The van der Waals surface area contributed by atoms with Gasteiger partial charge in [-0.15, -0.1) is 21.5 Å². The highest BCUT2D eigenvalue weighted by Gasteiger charge is 2.52. The number of aromatic nitrogens is 3. The lowest BCUT2D eigenvalue weighted by molar-refractivity contribution is -0.167. The number of nitrogens with zero attached hydrogens (tertiary/aromatic N) is 4. The van der Waals surface area contributed by atoms with Crippen molar-refractivity contribution in [2.45, 2.75) is 31.2 Å². The van der Waals surface area contributed by atoms with Crippen molar-refractivity contribution in [3.8, 4) is 11.1 Å². The molecule has 1 fully saturated rings. The van der Waals surface area contributed by atoms with Gasteiger partial charge < -0.3 is 4.42 Å². The molecule has 4 aromatic rings. The third-order valence-electron chi connectivity index (χ3n) is 6.35. The van der Waals surface area contributed by atoms with Crippen molar-refractivity contribution < 1.29 is 35.6 Å². The van der Waals surface area contributed by atoms with E-state index < -0.39 is 51.5 Å². The number of benzene rings is 2. The molecule has 2 atom stereocenters. The van der Waals surface area contributed by atoms with Crippen molar-refractivity contribution in [1.82, 2.24) is 20.1 Å². The summed E-state index contributed by atoms with van der Waals surface area (Å²) in [4.78, 5) is 29.5. The van der Waals surface area contributed by atoms with Gasteiger partial charge in [-0.25, -0.2) is 13.4 Å². The van der Waals surface area contributed by atoms with Crippen LogP contribution in [0.25, 0.3) is 21.3 Å². The number of thiazole rings is 1. The van der Waals surface area contributed by atoms with Crippen molar-refractivity contribution in [3.05, 3.63) is 65.3 Å². The van der Waals surface area contributed by atoms with E-state index in [1.165, 1.54) is 6.92 Å². The van der Waals surface area contributed by atoms with Crippen LogP contribution >= 0.6 is 11.3 Å². The van der Waals surface area contributed by atoms with Gasteiger partial charge in [0.15, 0.2) is 15.1 Å². The van der Waals surface area contributed by atoms with Crippen molar-refractivity contribution in [1.29, 1.82) is 0 Å². The van der Waals surface area contributed by atoms with Gasteiger partial charge in [0.1, 0.15) is 11.6 Å². The number of alkyl halides is 3. The molecule has 3 heterocycles. The average molecular weight is 579 g/mol. The molecule has 2 unspecified atom stereocenters. The third-order valence-corrected chi connectivity index (χ3v) is 8.87. The fraction of sp³-hybridized carbons (Fsp3) is 0.320. The molecular formula is C25H21F3N4O5S2. The maximum Gasteiger partial charge on any atom is 0.406 e. The molecule has 1 aliphatic heterocycles. The summed E-state index contributed by atoms with van der Waals surface area (Å²) in [6, 6.07) is 15.2. The Balaban J connectivity index is 1.44. The molecular weight excluding hydrogens is 557 g/mol. The quantitative estimate of drug-likeness (QED) is 0.297. The number of amides is 2. The Morgan fingerprint density at radius 3 is 2.49 bits per heavy atom. The SMILES string of the molecule is CC1(Cc2nnc(C(c3nc4ccc(-c5ccccc5)cc4s3)S(C)(=O)=O)o2)CC(=O)N(CC(F)(F)F)C1=O. The fourth-order valence-electron chi connectivity index (χ4n) is 4.54. The van der Waals surface area contributed by atoms with Crippen LogP contribution in [0.4, 0.5) is 13.2 Å². The average Bonchev–Trinajstić information content (AvgIpc) is 3.51. The van der Waals surface area contributed by atoms with Crippen LogP contribution in [0.2, 0.25) is 0 Å². The van der Waals surface area contributed by atoms with Gasteiger partial charge in [0.2, 0.25) is 23.6 Å². The summed E-state index contributed by atoms with van der Waals surface area (Å²) in [5.74, 6) is -2.44. The first-order valence-corrected chi connectivity index (χ1v) is 14.4. The molecule has 0 N–H and O–H groups in total. The van der Waals surface area contributed by atoms with Crippen molar-refractivity contribution in [2.75, 3.05) is 12.8 Å². The van der Waals surface area contributed by atoms with E-state index in [0.29, 0.717) is 5.52 Å². The lowest BCUT2D eigenvalue weighted by Gasteiger charge is -2.21. The van der Waals surface area contributed by atoms with E-state index in [-0.39, 0.29) is 28.1 Å². The Morgan fingerprint density at radius 1 is 1.10 bits per heavy atom. The number of fused-ring (bicyclic) bond motifs is 1. The molecule has 1 aliphatic rings. The smallest absolute Gasteiger partial charge is 0.406 e. The number of rotatable bonds is 7. The number of carbonyl (C=O) groups excluding carboxylic acids is 2. The van der Waals surface area contributed by atoms with Gasteiger partial charge in [-0.2, -0.15) is 13.2 Å². The highest BCUT2D eigenvalue weighted by atomic mass is 32.2. The minimum atomic E-state index is -4.74. The Morgan fingerprint density at radius 2 is 1.82 bits per heavy atom. The monoisotopic (exact) mass is 578 g/mol. The van der Waals surface area contributed by atoms with E-state index in [2.05, 4.69) is 15.2 Å². The molecule has 0 radical (unpaired) electrons. The molecule has 204 valence electrons. The molecule has 2 aromatic heterocycles. The lowest BCUT2D eigenvalue weighted by atomic mass is 9.85. The van der Waals surface area contributed by atoms with Crippen molar-refractivity contribution in [3.63, 3.8) is 0 Å². The van der Waals surface area contributed by atoms with Gasteiger partial charge in [0.25, 0.3) is 0 Å². The van der Waals surface area contributed by atoms with Crippen LogP contribution in [-0.2, 0) is 25.8 Å². The molecule has 0 spiro atoms. The predicted molar refractivity (Wildman–Crippen MR) is 135 cm³/mol. The van der Waals surface area contributed by atoms with Crippen molar-refractivity contribution >= 4 is 43.2 Å². The number of imide groups is 1. The van der Waals surface area contributed by atoms with Gasteiger partial charge in [0, 0.05) is 19.1 Å². The zero-order valence-electron chi connectivity index (χ0n) is 20.6. The van der Waals surface area contributed by atoms with Crippen molar-refractivity contribution in [2.24, 2.45) is 5.41 Å². The van der Waals surface area contributed by atoms with Gasteiger partial charge in [-0.1, -0.05) is 36.4 Å². The molecule has 1 saturated heterocycles. The molecule has 9 nitrogen and oxygen atoms in total. The molecule has 0 saturated carbocycles. The van der Waals surface area contributed by atoms with Crippen LogP contribution in [0.1, 0.15) is 35.4 Å². The highest BCUT2D eigenvalue weighted by molar-refractivity contribution is 7.91. The molecule has 2 aromatic carbocycles. The molecule has 0 bridgehead atoms. The summed E-state index contributed by atoms with van der Waals surface area (Å²) in [7, 11) is -3.86. The van der Waals surface area contributed by atoms with E-state index in [9.17, 15) is 31.2 Å². The van der Waals surface area contributed by atoms with Crippen LogP contribution < -0.4 is 0 Å². The Kier molecular flexibility index (Phi) is 6.58. The van der Waals surface area contributed by atoms with Crippen LogP contribution in [0.3, 0.4) is 0 Å². The summed E-state index contributed by atoms with van der Waals surface area (Å²) < 4.78 is 70.5. The van der Waals surface area contributed by atoms with Gasteiger partial charge >= 0.3 is 6.18 Å². The molecule has 2 amide bonds. The zero-order valence-corrected chi connectivity index (χ0v) is 22.2. The van der Waals surface area contributed by atoms with Gasteiger partial charge in [0.05, 0.1) is 15.6 Å². The maximum atomic E-state index is 12.8. The lowest BCUT2D eigenvalue weighted by Crippen LogP contribution is -2.41. The van der Waals surface area contributed by atoms with Crippen LogP contribution in [0.15, 0.2) is 52.9 Å². The standard InChI is InChI=1S/C25H21F3N4O5S2/c1-24(12-19(33)32(23(24)34)13-25(26,27)28)11-18-30-31-21(37-18)20(39(2,35)36)22-29-16-9-8-15(10-17(16)38-22)14-6-4-3-5-7-14/h3-10,20H,11-13H2,1-2H3. The molecule has 0 aliphatic carbocycles. The summed E-state index contributed by atoms with van der Waals surface area (Å²) in [6.07, 6.45) is -4.55. The van der Waals surface area contributed by atoms with Crippen LogP contribution in [0, 0.1) is 5.41 Å². The number of hydrogen-bond donors (Lipinski definition) is 0. The third kappa shape index (κ3) is 5.43. The highest BCUT2D eigenvalue weighted by Crippen LogP contribution is 2.39. The molecule has 39 heavy (non-hydrogen) atoms. The minimum absolute atomic E-state index is 0.168. The Bertz CT molecular complexity index is 1680. The predicted octanol–water partition coefficient (Wildman–Crippen LogP) is 4.35. The summed E-state index contributed by atoms with van der Waals surface area (Å²) in [5.41, 5.74) is 0.947. The first kappa shape index (κ1) is 26.9. The van der Waals surface area contributed by atoms with Gasteiger partial charge in [-0.3, -0.25) is 14.5 Å². The Hall–Kier alpha value is -3.65. The van der Waals surface area contributed by atoms with Crippen LogP contribution in [0.5, 0.6) is 0 Å². The second-order valence-electron chi connectivity index (χ2n) is 9.66. The number of hydrogen-bond acceptors (Lipinski definition) is 9. The normalized spacial score (nSPS) is 19.3. The second kappa shape index (κ2) is 9.52. The van der Waals surface area contributed by atoms with E-state index in [1.807, 2.05) is 42.5 Å². The number of likely N-dealkylation sites (tertiary alicyclic amines) is 1. The van der Waals surface area contributed by atoms with E-state index >= 15 is 0 Å². The first-order valence-electron chi connectivity index (χ1n) is 11.6. The van der Waals surface area contributed by atoms with Gasteiger partial charge in [-0.05, 0) is 30.2 Å². The first-order chi connectivity index (χ1) is 18.2. The number of carbonyl (C=O) groups is 2. The maximum absolute atomic E-state index is 12.8. The number of sulfone groups is 1. The summed E-state index contributed by atoms with van der Waals surface area (Å²) >= 11 is 1.15. The number of halogens is 3. The Labute approximate surface area is 224 Å². The van der Waals surface area contributed by atoms with E-state index in [0.717, 1.165) is 33.4 Å². The minimum Gasteiger partial charge on any atom is -0.423 e. The summed E-state index contributed by atoms with van der Waals surface area (Å²) in [5, 5.41) is 6.51. The fourth-order valence-corrected chi connectivity index (χ4v) is 7.07. The summed E-state index contributed by atoms with van der Waals surface area (Å²) in [6.45, 7) is -0.353. The zero-order chi connectivity index (χ0) is 28.2. The largest absolute Gasteiger partial charge is 0.423 e. The second-order valence-corrected chi connectivity index (χ2v) is 12.9. The topological polar surface area (TPSA) is 123 Å². The molecule has 5 rings (SSSR count). The van der Waals surface area contributed by atoms with E-state index in [1.54, 1.807) is 6.07 Å².